The van der Waals surface area contributed by atoms with Crippen molar-refractivity contribution in [3.63, 3.8) is 0 Å². The van der Waals surface area contributed by atoms with E-state index >= 15 is 0 Å². The Kier molecular flexibility index (Phi) is 5.47. The molecule has 3 heteroatoms. The van der Waals surface area contributed by atoms with Gasteiger partial charge in [-0.05, 0) is 53.4 Å². The van der Waals surface area contributed by atoms with Gasteiger partial charge in [0.2, 0.25) is 0 Å². The number of aryl methyl sites for hydroxylation is 1. The number of hydrogen-bond donors (Lipinski definition) is 2. The van der Waals surface area contributed by atoms with E-state index in [2.05, 4.69) is 60.2 Å². The second-order valence-electron chi connectivity index (χ2n) is 4.70. The van der Waals surface area contributed by atoms with Crippen molar-refractivity contribution in [1.82, 2.24) is 0 Å². The van der Waals surface area contributed by atoms with Crippen LogP contribution in [0, 0.1) is 6.92 Å². The van der Waals surface area contributed by atoms with Crippen molar-refractivity contribution in [3.05, 3.63) is 28.2 Å². The highest BCUT2D eigenvalue weighted by atomic mass is 79.9. The number of benzene rings is 1. The third kappa shape index (κ3) is 3.71. The first-order chi connectivity index (χ1) is 8.06. The molecule has 96 valence electrons. The van der Waals surface area contributed by atoms with Crippen molar-refractivity contribution >= 4 is 21.6 Å². The third-order valence-corrected chi connectivity index (χ3v) is 4.01. The van der Waals surface area contributed by atoms with E-state index in [9.17, 15) is 0 Å². The lowest BCUT2D eigenvalue weighted by Crippen LogP contribution is -2.45. The molecule has 3 N–H and O–H groups in total. The van der Waals surface area contributed by atoms with E-state index in [-0.39, 0.29) is 5.54 Å². The molecule has 0 saturated carbocycles. The lowest BCUT2D eigenvalue weighted by atomic mass is 9.90. The van der Waals surface area contributed by atoms with Crippen LogP contribution in [0.3, 0.4) is 0 Å². The van der Waals surface area contributed by atoms with Crippen molar-refractivity contribution in [3.8, 4) is 0 Å². The largest absolute Gasteiger partial charge is 0.377 e. The zero-order valence-electron chi connectivity index (χ0n) is 11.0. The van der Waals surface area contributed by atoms with Gasteiger partial charge in [0.25, 0.3) is 0 Å². The zero-order valence-corrected chi connectivity index (χ0v) is 12.6. The molecule has 0 spiro atoms. The molecular weight excluding hydrogens is 276 g/mol. The van der Waals surface area contributed by atoms with Crippen molar-refractivity contribution in [2.75, 3.05) is 11.9 Å². The van der Waals surface area contributed by atoms with Crippen LogP contribution in [0.1, 0.15) is 38.7 Å². The lowest BCUT2D eigenvalue weighted by Gasteiger charge is -2.34. The predicted octanol–water partition coefficient (Wildman–Crippen LogP) is 4.08. The van der Waals surface area contributed by atoms with E-state index in [1.807, 2.05) is 0 Å². The van der Waals surface area contributed by atoms with Crippen molar-refractivity contribution < 1.29 is 0 Å². The van der Waals surface area contributed by atoms with Crippen LogP contribution in [0.25, 0.3) is 0 Å². The molecule has 0 heterocycles. The van der Waals surface area contributed by atoms with E-state index in [1.165, 1.54) is 5.56 Å². The number of hydrogen-bond acceptors (Lipinski definition) is 2. The van der Waals surface area contributed by atoms with Gasteiger partial charge in [-0.1, -0.05) is 26.3 Å². The van der Waals surface area contributed by atoms with Gasteiger partial charge in [0, 0.05) is 22.2 Å². The summed E-state index contributed by atoms with van der Waals surface area (Å²) < 4.78 is 1.10. The summed E-state index contributed by atoms with van der Waals surface area (Å²) in [5, 5.41) is 3.63. The highest BCUT2D eigenvalue weighted by Crippen LogP contribution is 2.29. The SMILES string of the molecule is CCCC(CC)(CN)Nc1cc(C)ccc1Br. The number of rotatable bonds is 6. The highest BCUT2D eigenvalue weighted by Gasteiger charge is 2.25. The summed E-state index contributed by atoms with van der Waals surface area (Å²) in [4.78, 5) is 0. The number of nitrogens with two attached hydrogens (primary N) is 1. The Bertz CT molecular complexity index is 359. The molecule has 0 aliphatic heterocycles. The number of halogens is 1. The Labute approximate surface area is 113 Å². The summed E-state index contributed by atoms with van der Waals surface area (Å²) in [5.41, 5.74) is 8.38. The zero-order chi connectivity index (χ0) is 12.9. The molecule has 1 unspecified atom stereocenters. The Morgan fingerprint density at radius 3 is 2.59 bits per heavy atom. The molecule has 17 heavy (non-hydrogen) atoms. The fraction of sp³-hybridized carbons (Fsp3) is 0.571. The van der Waals surface area contributed by atoms with Crippen molar-refractivity contribution in [1.29, 1.82) is 0 Å². The third-order valence-electron chi connectivity index (χ3n) is 3.32. The van der Waals surface area contributed by atoms with Gasteiger partial charge < -0.3 is 11.1 Å². The predicted molar refractivity (Wildman–Crippen MR) is 79.5 cm³/mol. The van der Waals surface area contributed by atoms with E-state index < -0.39 is 0 Å². The van der Waals surface area contributed by atoms with Crippen LogP contribution in [-0.2, 0) is 0 Å². The summed E-state index contributed by atoms with van der Waals surface area (Å²) in [6.07, 6.45) is 3.28. The molecule has 0 aliphatic rings. The molecule has 1 aromatic carbocycles. The van der Waals surface area contributed by atoms with E-state index in [0.29, 0.717) is 6.54 Å². The highest BCUT2D eigenvalue weighted by molar-refractivity contribution is 9.10. The first-order valence-corrected chi connectivity index (χ1v) is 7.10. The van der Waals surface area contributed by atoms with Gasteiger partial charge in [-0.2, -0.15) is 0 Å². The maximum atomic E-state index is 5.96. The minimum absolute atomic E-state index is 0.0189. The summed E-state index contributed by atoms with van der Waals surface area (Å²) in [5.74, 6) is 0. The van der Waals surface area contributed by atoms with E-state index in [1.54, 1.807) is 0 Å². The van der Waals surface area contributed by atoms with Crippen molar-refractivity contribution in [2.45, 2.75) is 45.6 Å². The average molecular weight is 299 g/mol. The van der Waals surface area contributed by atoms with Gasteiger partial charge in [-0.15, -0.1) is 0 Å². The van der Waals surface area contributed by atoms with Crippen LogP contribution in [0.15, 0.2) is 22.7 Å². The summed E-state index contributed by atoms with van der Waals surface area (Å²) >= 11 is 3.59. The molecule has 0 fully saturated rings. The van der Waals surface area contributed by atoms with Gasteiger partial charge in [-0.3, -0.25) is 0 Å². The van der Waals surface area contributed by atoms with Gasteiger partial charge in [-0.25, -0.2) is 0 Å². The minimum Gasteiger partial charge on any atom is -0.377 e. The molecule has 0 aliphatic carbocycles. The molecule has 1 rings (SSSR count). The van der Waals surface area contributed by atoms with Crippen LogP contribution < -0.4 is 11.1 Å². The molecule has 0 radical (unpaired) electrons. The van der Waals surface area contributed by atoms with E-state index in [4.69, 9.17) is 5.73 Å². The van der Waals surface area contributed by atoms with Gasteiger partial charge in [0.15, 0.2) is 0 Å². The fourth-order valence-electron chi connectivity index (χ4n) is 2.12. The maximum absolute atomic E-state index is 5.96. The smallest absolute Gasteiger partial charge is 0.0493 e. The number of anilines is 1. The molecule has 2 nitrogen and oxygen atoms in total. The molecule has 0 aromatic heterocycles. The van der Waals surface area contributed by atoms with Crippen LogP contribution >= 0.6 is 15.9 Å². The number of nitrogens with one attached hydrogen (secondary N) is 1. The fourth-order valence-corrected chi connectivity index (χ4v) is 2.47. The standard InChI is InChI=1S/C14H23BrN2/c1-4-8-14(5-2,10-16)17-13-9-11(3)6-7-12(13)15/h6-7,9,17H,4-5,8,10,16H2,1-3H3. The van der Waals surface area contributed by atoms with Crippen LogP contribution in [0.5, 0.6) is 0 Å². The molecule has 1 aromatic rings. The molecule has 0 bridgehead atoms. The second-order valence-corrected chi connectivity index (χ2v) is 5.55. The quantitative estimate of drug-likeness (QED) is 0.830. The molecular formula is C14H23BrN2. The topological polar surface area (TPSA) is 38.0 Å². The normalized spacial score (nSPS) is 14.4. The second kappa shape index (κ2) is 6.41. The lowest BCUT2D eigenvalue weighted by molar-refractivity contribution is 0.421. The Morgan fingerprint density at radius 1 is 1.35 bits per heavy atom. The summed E-state index contributed by atoms with van der Waals surface area (Å²) in [7, 11) is 0. The molecule has 0 saturated heterocycles. The summed E-state index contributed by atoms with van der Waals surface area (Å²) in [6, 6.07) is 6.35. The Morgan fingerprint density at radius 2 is 2.06 bits per heavy atom. The maximum Gasteiger partial charge on any atom is 0.0493 e. The van der Waals surface area contributed by atoms with E-state index in [0.717, 1.165) is 29.4 Å². The van der Waals surface area contributed by atoms with Crippen LogP contribution in [-0.4, -0.2) is 12.1 Å². The van der Waals surface area contributed by atoms with Gasteiger partial charge >= 0.3 is 0 Å². The summed E-state index contributed by atoms with van der Waals surface area (Å²) in [6.45, 7) is 7.16. The Balaban J connectivity index is 2.96. The Hall–Kier alpha value is -0.540. The molecule has 1 atom stereocenters. The van der Waals surface area contributed by atoms with Gasteiger partial charge in [0.1, 0.15) is 0 Å². The van der Waals surface area contributed by atoms with Crippen molar-refractivity contribution in [2.24, 2.45) is 5.73 Å². The minimum atomic E-state index is 0.0189. The first-order valence-electron chi connectivity index (χ1n) is 6.31. The first kappa shape index (κ1) is 14.5. The van der Waals surface area contributed by atoms with Gasteiger partial charge in [0.05, 0.1) is 0 Å². The molecule has 0 amide bonds. The monoisotopic (exact) mass is 298 g/mol. The van der Waals surface area contributed by atoms with Crippen LogP contribution in [0.2, 0.25) is 0 Å². The van der Waals surface area contributed by atoms with Crippen LogP contribution in [0.4, 0.5) is 5.69 Å². The average Bonchev–Trinajstić information content (AvgIpc) is 2.33.